The van der Waals surface area contributed by atoms with Gasteiger partial charge in [-0.1, -0.05) is 0 Å². The van der Waals surface area contributed by atoms with E-state index in [1.165, 1.54) is 12.1 Å². The van der Waals surface area contributed by atoms with Gasteiger partial charge in [0.05, 0.1) is 4.92 Å². The molecule has 0 saturated carbocycles. The number of nitrogens with zero attached hydrogens (tertiary/aromatic N) is 1. The maximum Gasteiger partial charge on any atom is 0.282 e. The van der Waals surface area contributed by atoms with Crippen LogP contribution in [0, 0.1) is 28.7 Å². The Balaban J connectivity index is 2.36. The van der Waals surface area contributed by atoms with E-state index in [1.54, 1.807) is 6.92 Å². The molecule has 2 aromatic rings. The van der Waals surface area contributed by atoms with Crippen molar-refractivity contribution in [3.05, 3.63) is 69.3 Å². The van der Waals surface area contributed by atoms with E-state index in [2.05, 4.69) is 5.32 Å². The highest BCUT2D eigenvalue weighted by molar-refractivity contribution is 6.07. The number of aryl methyl sites for hydroxylation is 1. The molecule has 0 radical (unpaired) electrons. The molecule has 0 aliphatic rings. The fourth-order valence-electron chi connectivity index (χ4n) is 1.81. The topological polar surface area (TPSA) is 72.2 Å². The number of nitrogens with one attached hydrogen (secondary N) is 1. The summed E-state index contributed by atoms with van der Waals surface area (Å²) in [5, 5.41) is 13.3. The van der Waals surface area contributed by atoms with Crippen molar-refractivity contribution in [3.63, 3.8) is 0 Å². The first-order valence-corrected chi connectivity index (χ1v) is 5.90. The Morgan fingerprint density at radius 3 is 2.38 bits per heavy atom. The van der Waals surface area contributed by atoms with Crippen LogP contribution in [0.4, 0.5) is 20.2 Å². The molecule has 21 heavy (non-hydrogen) atoms. The maximum atomic E-state index is 13.2. The smallest absolute Gasteiger partial charge is 0.282 e. The average molecular weight is 292 g/mol. The summed E-state index contributed by atoms with van der Waals surface area (Å²) in [6.45, 7) is 1.57. The van der Waals surface area contributed by atoms with Crippen LogP contribution >= 0.6 is 0 Å². The molecule has 5 nitrogen and oxygen atoms in total. The first kappa shape index (κ1) is 14.6. The highest BCUT2D eigenvalue weighted by atomic mass is 19.1. The molecule has 0 aliphatic heterocycles. The standard InChI is InChI=1S/C14H10F2N2O3/c1-8-6-9(15)2-4-12(8)17-14(19)11-7-10(16)3-5-13(11)18(20)21/h2-7H,1H3,(H,17,19). The predicted octanol–water partition coefficient (Wildman–Crippen LogP) is 3.43. The van der Waals surface area contributed by atoms with Gasteiger partial charge in [-0.2, -0.15) is 0 Å². The molecule has 0 unspecified atom stereocenters. The van der Waals surface area contributed by atoms with Crippen molar-refractivity contribution in [3.8, 4) is 0 Å². The molecule has 0 saturated heterocycles. The van der Waals surface area contributed by atoms with Gasteiger partial charge < -0.3 is 5.32 Å². The molecule has 7 heteroatoms. The van der Waals surface area contributed by atoms with Gasteiger partial charge in [0.2, 0.25) is 0 Å². The Hall–Kier alpha value is -2.83. The second-order valence-electron chi connectivity index (χ2n) is 4.33. The van der Waals surface area contributed by atoms with Crippen LogP contribution in [0.1, 0.15) is 15.9 Å². The van der Waals surface area contributed by atoms with Crippen LogP contribution in [-0.2, 0) is 0 Å². The van der Waals surface area contributed by atoms with E-state index >= 15 is 0 Å². The fraction of sp³-hybridized carbons (Fsp3) is 0.0714. The molecule has 0 aromatic heterocycles. The van der Waals surface area contributed by atoms with Gasteiger partial charge in [0.15, 0.2) is 0 Å². The van der Waals surface area contributed by atoms with E-state index in [4.69, 9.17) is 0 Å². The molecule has 0 aliphatic carbocycles. The molecule has 0 heterocycles. The highest BCUT2D eigenvalue weighted by Gasteiger charge is 2.21. The van der Waals surface area contributed by atoms with E-state index in [9.17, 15) is 23.7 Å². The minimum Gasteiger partial charge on any atom is -0.322 e. The Bertz CT molecular complexity index is 732. The van der Waals surface area contributed by atoms with Crippen molar-refractivity contribution in [2.75, 3.05) is 5.32 Å². The maximum absolute atomic E-state index is 13.2. The normalized spacial score (nSPS) is 10.2. The van der Waals surface area contributed by atoms with Gasteiger partial charge in [0.1, 0.15) is 17.2 Å². The van der Waals surface area contributed by atoms with Gasteiger partial charge in [-0.3, -0.25) is 14.9 Å². The molecule has 0 atom stereocenters. The number of rotatable bonds is 3. The fourth-order valence-corrected chi connectivity index (χ4v) is 1.81. The lowest BCUT2D eigenvalue weighted by Crippen LogP contribution is -2.15. The summed E-state index contributed by atoms with van der Waals surface area (Å²) < 4.78 is 26.2. The SMILES string of the molecule is Cc1cc(F)ccc1NC(=O)c1cc(F)ccc1[N+](=O)[O-]. The molecule has 1 amide bonds. The highest BCUT2D eigenvalue weighted by Crippen LogP contribution is 2.22. The van der Waals surface area contributed by atoms with Crippen molar-refractivity contribution in [1.29, 1.82) is 0 Å². The van der Waals surface area contributed by atoms with Crippen LogP contribution in [0.2, 0.25) is 0 Å². The van der Waals surface area contributed by atoms with E-state index in [0.29, 0.717) is 11.3 Å². The summed E-state index contributed by atoms with van der Waals surface area (Å²) in [4.78, 5) is 22.1. The van der Waals surface area contributed by atoms with E-state index < -0.39 is 33.7 Å². The third-order valence-corrected chi connectivity index (χ3v) is 2.84. The van der Waals surface area contributed by atoms with Crippen LogP contribution in [0.5, 0.6) is 0 Å². The Morgan fingerprint density at radius 1 is 1.14 bits per heavy atom. The first-order chi connectivity index (χ1) is 9.88. The second-order valence-corrected chi connectivity index (χ2v) is 4.33. The lowest BCUT2D eigenvalue weighted by atomic mass is 10.1. The van der Waals surface area contributed by atoms with Crippen molar-refractivity contribution >= 4 is 17.3 Å². The molecule has 0 spiro atoms. The number of halogens is 2. The van der Waals surface area contributed by atoms with Crippen molar-refractivity contribution in [2.24, 2.45) is 0 Å². The number of nitro groups is 1. The second kappa shape index (κ2) is 5.66. The summed E-state index contributed by atoms with van der Waals surface area (Å²) in [5.41, 5.74) is -0.167. The van der Waals surface area contributed by atoms with Gasteiger partial charge in [-0.05, 0) is 42.8 Å². The Labute approximate surface area is 118 Å². The zero-order chi connectivity index (χ0) is 15.6. The Morgan fingerprint density at radius 2 is 1.76 bits per heavy atom. The predicted molar refractivity (Wildman–Crippen MR) is 72.1 cm³/mol. The minimum absolute atomic E-state index is 0.292. The number of amides is 1. The zero-order valence-corrected chi connectivity index (χ0v) is 10.9. The number of nitro benzene ring substituents is 1. The van der Waals surface area contributed by atoms with Crippen LogP contribution in [0.3, 0.4) is 0 Å². The van der Waals surface area contributed by atoms with Crippen LogP contribution in [-0.4, -0.2) is 10.8 Å². The lowest BCUT2D eigenvalue weighted by molar-refractivity contribution is -0.385. The third-order valence-electron chi connectivity index (χ3n) is 2.84. The van der Waals surface area contributed by atoms with E-state index in [1.807, 2.05) is 0 Å². The quantitative estimate of drug-likeness (QED) is 0.695. The Kier molecular flexibility index (Phi) is 3.93. The molecule has 2 aromatic carbocycles. The monoisotopic (exact) mass is 292 g/mol. The van der Waals surface area contributed by atoms with E-state index in [0.717, 1.165) is 24.3 Å². The van der Waals surface area contributed by atoms with Gasteiger partial charge >= 0.3 is 0 Å². The van der Waals surface area contributed by atoms with Crippen LogP contribution < -0.4 is 5.32 Å². The number of hydrogen-bond donors (Lipinski definition) is 1. The van der Waals surface area contributed by atoms with Gasteiger partial charge in [-0.15, -0.1) is 0 Å². The summed E-state index contributed by atoms with van der Waals surface area (Å²) >= 11 is 0. The number of carbonyl (C=O) groups is 1. The van der Waals surface area contributed by atoms with Gasteiger partial charge in [0, 0.05) is 11.8 Å². The van der Waals surface area contributed by atoms with Crippen LogP contribution in [0.15, 0.2) is 36.4 Å². The minimum atomic E-state index is -0.837. The molecule has 2 rings (SSSR count). The van der Waals surface area contributed by atoms with Crippen LogP contribution in [0.25, 0.3) is 0 Å². The van der Waals surface area contributed by atoms with Crippen molar-refractivity contribution in [2.45, 2.75) is 6.92 Å². The largest absolute Gasteiger partial charge is 0.322 e. The zero-order valence-electron chi connectivity index (χ0n) is 10.9. The molecule has 0 bridgehead atoms. The summed E-state index contributed by atoms with van der Waals surface area (Å²) in [6, 6.07) is 6.28. The van der Waals surface area contributed by atoms with Crippen molar-refractivity contribution < 1.29 is 18.5 Å². The number of carbonyl (C=O) groups excluding carboxylic acids is 1. The van der Waals surface area contributed by atoms with Gasteiger partial charge in [0.25, 0.3) is 11.6 Å². The first-order valence-electron chi connectivity index (χ1n) is 5.90. The summed E-state index contributed by atoms with van der Waals surface area (Å²) in [6.07, 6.45) is 0. The number of benzene rings is 2. The number of hydrogen-bond acceptors (Lipinski definition) is 3. The molecular weight excluding hydrogens is 282 g/mol. The molecule has 108 valence electrons. The lowest BCUT2D eigenvalue weighted by Gasteiger charge is -2.08. The summed E-state index contributed by atoms with van der Waals surface area (Å²) in [7, 11) is 0. The van der Waals surface area contributed by atoms with Crippen molar-refractivity contribution in [1.82, 2.24) is 0 Å². The third kappa shape index (κ3) is 3.19. The summed E-state index contributed by atoms with van der Waals surface area (Å²) in [5.74, 6) is -2.07. The van der Waals surface area contributed by atoms with Gasteiger partial charge in [-0.25, -0.2) is 8.78 Å². The average Bonchev–Trinajstić information content (AvgIpc) is 2.41. The molecule has 1 N–H and O–H groups in total. The molecule has 0 fully saturated rings. The molecular formula is C14H10F2N2O3. The van der Waals surface area contributed by atoms with E-state index in [-0.39, 0.29) is 0 Å². The number of anilines is 1.